The molecule has 2 aliphatic rings. The number of benzene rings is 1. The van der Waals surface area contributed by atoms with Crippen LogP contribution in [0.3, 0.4) is 0 Å². The first-order valence-corrected chi connectivity index (χ1v) is 8.12. The first-order valence-electron chi connectivity index (χ1n) is 8.12. The molecule has 22 heavy (non-hydrogen) atoms. The third-order valence-corrected chi connectivity index (χ3v) is 4.50. The summed E-state index contributed by atoms with van der Waals surface area (Å²) in [5.74, 6) is 1.04. The highest BCUT2D eigenvalue weighted by Crippen LogP contribution is 2.38. The third kappa shape index (κ3) is 3.82. The molecule has 1 aromatic carbocycles. The molecule has 4 heteroatoms. The molecule has 122 valence electrons. The van der Waals surface area contributed by atoms with E-state index in [0.717, 1.165) is 37.4 Å². The van der Waals surface area contributed by atoms with Crippen molar-refractivity contribution in [2.24, 2.45) is 0 Å². The molecular formula is C18H26ClNO2. The van der Waals surface area contributed by atoms with Crippen molar-refractivity contribution in [1.82, 2.24) is 4.90 Å². The minimum absolute atomic E-state index is 0. The molecular weight excluding hydrogens is 298 g/mol. The number of fused-ring (bicyclic) bond motifs is 1. The molecule has 0 saturated carbocycles. The molecule has 0 bridgehead atoms. The van der Waals surface area contributed by atoms with Crippen LogP contribution in [0.1, 0.15) is 55.5 Å². The van der Waals surface area contributed by atoms with E-state index in [4.69, 9.17) is 4.74 Å². The molecule has 1 aromatic rings. The number of ether oxygens (including phenoxy) is 1. The molecule has 2 heterocycles. The average Bonchev–Trinajstić information content (AvgIpc) is 2.79. The number of likely N-dealkylation sites (tertiary alicyclic amines) is 1. The predicted octanol–water partition coefficient (Wildman–Crippen LogP) is 3.88. The quantitative estimate of drug-likeness (QED) is 0.787. The molecule has 0 aromatic heterocycles. The highest BCUT2D eigenvalue weighted by Gasteiger charge is 2.32. The van der Waals surface area contributed by atoms with Crippen LogP contribution in [0.5, 0.6) is 5.75 Å². The summed E-state index contributed by atoms with van der Waals surface area (Å²) in [6.45, 7) is 7.32. The van der Waals surface area contributed by atoms with Crippen LogP contribution in [-0.2, 0) is 6.42 Å². The number of rotatable bonds is 4. The Labute approximate surface area is 139 Å². The van der Waals surface area contributed by atoms with Gasteiger partial charge in [0, 0.05) is 19.4 Å². The van der Waals surface area contributed by atoms with Gasteiger partial charge in [0.25, 0.3) is 0 Å². The van der Waals surface area contributed by atoms with E-state index >= 15 is 0 Å². The lowest BCUT2D eigenvalue weighted by Crippen LogP contribution is -2.31. The molecule has 3 rings (SSSR count). The Morgan fingerprint density at radius 2 is 1.95 bits per heavy atom. The van der Waals surface area contributed by atoms with Gasteiger partial charge in [0.15, 0.2) is 5.78 Å². The Morgan fingerprint density at radius 3 is 2.68 bits per heavy atom. The van der Waals surface area contributed by atoms with E-state index in [0.29, 0.717) is 6.42 Å². The molecule has 1 saturated heterocycles. The number of para-hydroxylation sites is 1. The number of carbonyl (C=O) groups excluding carboxylic acids is 1. The largest absolute Gasteiger partial charge is 0.486 e. The van der Waals surface area contributed by atoms with Gasteiger partial charge in [0.05, 0.1) is 5.56 Å². The fourth-order valence-electron chi connectivity index (χ4n) is 3.41. The number of hydrogen-bond acceptors (Lipinski definition) is 3. The van der Waals surface area contributed by atoms with Gasteiger partial charge in [-0.3, -0.25) is 4.79 Å². The van der Waals surface area contributed by atoms with Gasteiger partial charge in [-0.2, -0.15) is 0 Å². The minimum Gasteiger partial charge on any atom is -0.486 e. The molecule has 0 spiro atoms. The summed E-state index contributed by atoms with van der Waals surface area (Å²) in [6, 6.07) is 5.97. The smallest absolute Gasteiger partial charge is 0.167 e. The first kappa shape index (κ1) is 17.3. The van der Waals surface area contributed by atoms with E-state index in [-0.39, 0.29) is 23.8 Å². The van der Waals surface area contributed by atoms with Crippen LogP contribution < -0.4 is 4.74 Å². The minimum atomic E-state index is -0.189. The maximum Gasteiger partial charge on any atom is 0.167 e. The van der Waals surface area contributed by atoms with Crippen LogP contribution in [0.4, 0.5) is 0 Å². The van der Waals surface area contributed by atoms with Gasteiger partial charge in [-0.25, -0.2) is 0 Å². The monoisotopic (exact) mass is 323 g/mol. The van der Waals surface area contributed by atoms with Crippen molar-refractivity contribution in [2.75, 3.05) is 19.6 Å². The van der Waals surface area contributed by atoms with E-state index in [9.17, 15) is 4.79 Å². The second kappa shape index (κ2) is 7.01. The molecule has 0 amide bonds. The highest BCUT2D eigenvalue weighted by atomic mass is 35.5. The SMILES string of the molecule is CC1(C)Cc2cccc(C(=O)CCN3CCCCC3)c2O1.Cl. The number of ketones is 1. The average molecular weight is 324 g/mol. The van der Waals surface area contributed by atoms with Crippen molar-refractivity contribution in [3.05, 3.63) is 29.3 Å². The Hall–Kier alpha value is -1.06. The molecule has 0 N–H and O–H groups in total. The lowest BCUT2D eigenvalue weighted by molar-refractivity contribution is 0.0945. The summed E-state index contributed by atoms with van der Waals surface area (Å²) in [4.78, 5) is 15.0. The Morgan fingerprint density at radius 1 is 1.23 bits per heavy atom. The normalized spacial score (nSPS) is 19.9. The van der Waals surface area contributed by atoms with Crippen molar-refractivity contribution >= 4 is 18.2 Å². The van der Waals surface area contributed by atoms with Gasteiger partial charge >= 0.3 is 0 Å². The van der Waals surface area contributed by atoms with Crippen LogP contribution in [0.2, 0.25) is 0 Å². The number of Topliss-reactive ketones (excluding diaryl/α,β-unsaturated/α-hetero) is 1. The molecule has 3 nitrogen and oxygen atoms in total. The summed E-state index contributed by atoms with van der Waals surface area (Å²) in [6.07, 6.45) is 5.35. The highest BCUT2D eigenvalue weighted by molar-refractivity contribution is 5.99. The van der Waals surface area contributed by atoms with Gasteiger partial charge in [-0.1, -0.05) is 18.6 Å². The number of carbonyl (C=O) groups is 1. The summed E-state index contributed by atoms with van der Waals surface area (Å²) in [7, 11) is 0. The zero-order chi connectivity index (χ0) is 14.9. The topological polar surface area (TPSA) is 29.5 Å². The van der Waals surface area contributed by atoms with E-state index in [1.165, 1.54) is 24.8 Å². The van der Waals surface area contributed by atoms with E-state index < -0.39 is 0 Å². The van der Waals surface area contributed by atoms with Crippen LogP contribution in [0.15, 0.2) is 18.2 Å². The summed E-state index contributed by atoms with van der Waals surface area (Å²) >= 11 is 0. The zero-order valence-electron chi connectivity index (χ0n) is 13.6. The van der Waals surface area contributed by atoms with Gasteiger partial charge in [-0.05, 0) is 51.4 Å². The Bertz CT molecular complexity index is 536. The summed E-state index contributed by atoms with van der Waals surface area (Å²) in [5, 5.41) is 0. The first-order chi connectivity index (χ1) is 10.1. The molecule has 0 atom stereocenters. The van der Waals surface area contributed by atoms with Gasteiger partial charge in [0.1, 0.15) is 11.4 Å². The maximum atomic E-state index is 12.6. The number of piperidine rings is 1. The molecule has 0 aliphatic carbocycles. The second-order valence-electron chi connectivity index (χ2n) is 6.91. The van der Waals surface area contributed by atoms with Gasteiger partial charge < -0.3 is 9.64 Å². The van der Waals surface area contributed by atoms with Crippen LogP contribution >= 0.6 is 12.4 Å². The van der Waals surface area contributed by atoms with Crippen LogP contribution in [0, 0.1) is 0 Å². The van der Waals surface area contributed by atoms with E-state index in [2.05, 4.69) is 24.8 Å². The van der Waals surface area contributed by atoms with Gasteiger partial charge in [-0.15, -0.1) is 12.4 Å². The van der Waals surface area contributed by atoms with Crippen molar-refractivity contribution in [3.63, 3.8) is 0 Å². The van der Waals surface area contributed by atoms with Gasteiger partial charge in [0.2, 0.25) is 0 Å². The summed E-state index contributed by atoms with van der Waals surface area (Å²) in [5.41, 5.74) is 1.75. The molecule has 1 fully saturated rings. The Kier molecular flexibility index (Phi) is 5.51. The summed E-state index contributed by atoms with van der Waals surface area (Å²) < 4.78 is 6.00. The van der Waals surface area contributed by atoms with Crippen LogP contribution in [0.25, 0.3) is 0 Å². The second-order valence-corrected chi connectivity index (χ2v) is 6.91. The predicted molar refractivity (Wildman–Crippen MR) is 91.3 cm³/mol. The van der Waals surface area contributed by atoms with Crippen LogP contribution in [-0.4, -0.2) is 35.9 Å². The number of hydrogen-bond donors (Lipinski definition) is 0. The lowest BCUT2D eigenvalue weighted by atomic mass is 9.98. The molecule has 0 radical (unpaired) electrons. The van der Waals surface area contributed by atoms with Crippen molar-refractivity contribution < 1.29 is 9.53 Å². The van der Waals surface area contributed by atoms with Crippen molar-refractivity contribution in [2.45, 2.75) is 51.6 Å². The number of halogens is 1. The number of nitrogens with zero attached hydrogens (tertiary/aromatic N) is 1. The fraction of sp³-hybridized carbons (Fsp3) is 0.611. The lowest BCUT2D eigenvalue weighted by Gasteiger charge is -2.26. The fourth-order valence-corrected chi connectivity index (χ4v) is 3.41. The zero-order valence-corrected chi connectivity index (χ0v) is 14.4. The van der Waals surface area contributed by atoms with Crippen molar-refractivity contribution in [1.29, 1.82) is 0 Å². The molecule has 0 unspecified atom stereocenters. The van der Waals surface area contributed by atoms with E-state index in [1.807, 2.05) is 12.1 Å². The standard InChI is InChI=1S/C18H25NO2.ClH/c1-18(2)13-14-7-6-8-15(17(14)21-18)16(20)9-12-19-10-4-3-5-11-19;/h6-8H,3-5,9-13H2,1-2H3;1H. The molecule has 2 aliphatic heterocycles. The Balaban J connectivity index is 0.00000176. The third-order valence-electron chi connectivity index (χ3n) is 4.50. The van der Waals surface area contributed by atoms with Crippen molar-refractivity contribution in [3.8, 4) is 5.75 Å². The maximum absolute atomic E-state index is 12.6. The van der Waals surface area contributed by atoms with E-state index in [1.54, 1.807) is 0 Å².